The van der Waals surface area contributed by atoms with Crippen LogP contribution in [0.2, 0.25) is 0 Å². The van der Waals surface area contributed by atoms with Crippen molar-refractivity contribution >= 4 is 23.5 Å². The van der Waals surface area contributed by atoms with Crippen molar-refractivity contribution in [2.45, 2.75) is 12.7 Å². The van der Waals surface area contributed by atoms with E-state index in [0.29, 0.717) is 17.7 Å². The molecule has 0 unspecified atom stereocenters. The maximum atomic E-state index is 12.9. The Hall–Kier alpha value is -4.44. The second-order valence-corrected chi connectivity index (χ2v) is 7.45. The molecule has 0 radical (unpaired) electrons. The van der Waals surface area contributed by atoms with Crippen LogP contribution < -0.4 is 0 Å². The Morgan fingerprint density at radius 2 is 1.58 bits per heavy atom. The Balaban J connectivity index is 1.70. The van der Waals surface area contributed by atoms with E-state index in [0.717, 1.165) is 5.56 Å². The summed E-state index contributed by atoms with van der Waals surface area (Å²) in [6.07, 6.45) is 0.703. The summed E-state index contributed by atoms with van der Waals surface area (Å²) in [6.45, 7) is 0.497. The first-order chi connectivity index (χ1) is 15.9. The van der Waals surface area contributed by atoms with Crippen LogP contribution in [0, 0.1) is 20.2 Å². The predicted molar refractivity (Wildman–Crippen MR) is 120 cm³/mol. The van der Waals surface area contributed by atoms with Crippen LogP contribution >= 0.6 is 0 Å². The van der Waals surface area contributed by atoms with E-state index < -0.39 is 16.0 Å². The van der Waals surface area contributed by atoms with Crippen molar-refractivity contribution in [3.8, 4) is 0 Å². The van der Waals surface area contributed by atoms with Gasteiger partial charge in [0, 0.05) is 36.4 Å². The van der Waals surface area contributed by atoms with Gasteiger partial charge in [0.05, 0.1) is 22.6 Å². The van der Waals surface area contributed by atoms with Crippen molar-refractivity contribution < 1.29 is 14.6 Å². The Morgan fingerprint density at radius 1 is 0.909 bits per heavy atom. The average molecular weight is 445 g/mol. The highest BCUT2D eigenvalue weighted by molar-refractivity contribution is 5.85. The zero-order chi connectivity index (χ0) is 23.4. The van der Waals surface area contributed by atoms with Crippen LogP contribution in [0.4, 0.5) is 11.4 Å². The third-order valence-corrected chi connectivity index (χ3v) is 5.19. The smallest absolute Gasteiger partial charge is 0.270 e. The first-order valence-corrected chi connectivity index (χ1v) is 10.1. The van der Waals surface area contributed by atoms with Gasteiger partial charge in [-0.15, -0.1) is 0 Å². The topological polar surface area (TPSA) is 122 Å². The number of amides is 1. The van der Waals surface area contributed by atoms with Gasteiger partial charge in [0.1, 0.15) is 6.17 Å². The number of carbonyl (C=O) groups is 1. The van der Waals surface area contributed by atoms with Gasteiger partial charge in [-0.2, -0.15) is 5.10 Å². The van der Waals surface area contributed by atoms with Crippen molar-refractivity contribution in [1.82, 2.24) is 9.91 Å². The molecule has 1 atom stereocenters. The number of carbonyl (C=O) groups excluding carboxylic acids is 1. The van der Waals surface area contributed by atoms with E-state index in [1.54, 1.807) is 18.2 Å². The maximum Gasteiger partial charge on any atom is 0.270 e. The van der Waals surface area contributed by atoms with Gasteiger partial charge in [0.2, 0.25) is 0 Å². The number of hydrogen-bond donors (Lipinski definition) is 0. The van der Waals surface area contributed by atoms with E-state index >= 15 is 0 Å². The van der Waals surface area contributed by atoms with Crippen molar-refractivity contribution in [2.24, 2.45) is 5.10 Å². The normalized spacial score (nSPS) is 16.4. The second-order valence-electron chi connectivity index (χ2n) is 7.45. The molecule has 0 aliphatic carbocycles. The molecular weight excluding hydrogens is 426 g/mol. The first kappa shape index (κ1) is 21.8. The first-order valence-electron chi connectivity index (χ1n) is 10.1. The molecule has 10 nitrogen and oxygen atoms in total. The summed E-state index contributed by atoms with van der Waals surface area (Å²) in [4.78, 5) is 36.1. The van der Waals surface area contributed by atoms with E-state index in [4.69, 9.17) is 0 Å². The predicted octanol–water partition coefficient (Wildman–Crippen LogP) is 3.88. The highest BCUT2D eigenvalue weighted by Crippen LogP contribution is 2.34. The van der Waals surface area contributed by atoms with Gasteiger partial charge in [-0.1, -0.05) is 54.6 Å². The zero-order valence-electron chi connectivity index (χ0n) is 17.4. The molecule has 3 aromatic rings. The van der Waals surface area contributed by atoms with Gasteiger partial charge in [-0.05, 0) is 11.1 Å². The summed E-state index contributed by atoms with van der Waals surface area (Å²) < 4.78 is 0. The lowest BCUT2D eigenvalue weighted by atomic mass is 10.1. The zero-order valence-corrected chi connectivity index (χ0v) is 17.4. The second kappa shape index (κ2) is 9.37. The molecule has 0 spiro atoms. The number of hydrazone groups is 1. The van der Waals surface area contributed by atoms with Gasteiger partial charge >= 0.3 is 0 Å². The Labute approximate surface area is 188 Å². The Morgan fingerprint density at radius 3 is 2.27 bits per heavy atom. The minimum absolute atomic E-state index is 0.0640. The van der Waals surface area contributed by atoms with Crippen LogP contribution in [0.5, 0.6) is 0 Å². The molecule has 1 saturated heterocycles. The lowest BCUT2D eigenvalue weighted by Crippen LogP contribution is -2.28. The molecule has 0 bridgehead atoms. The molecule has 1 aliphatic heterocycles. The van der Waals surface area contributed by atoms with Gasteiger partial charge in [-0.3, -0.25) is 29.9 Å². The van der Waals surface area contributed by atoms with Gasteiger partial charge in [0.15, 0.2) is 0 Å². The molecule has 1 heterocycles. The van der Waals surface area contributed by atoms with Gasteiger partial charge in [0.25, 0.3) is 17.3 Å². The van der Waals surface area contributed by atoms with Crippen LogP contribution in [-0.2, 0) is 11.3 Å². The number of hydrogen-bond acceptors (Lipinski definition) is 7. The van der Waals surface area contributed by atoms with E-state index in [-0.39, 0.29) is 23.8 Å². The Kier molecular flexibility index (Phi) is 6.18. The number of nitro groups is 2. The summed E-state index contributed by atoms with van der Waals surface area (Å²) in [7, 11) is 0. The monoisotopic (exact) mass is 445 g/mol. The molecule has 10 heteroatoms. The highest BCUT2D eigenvalue weighted by Gasteiger charge is 2.39. The molecule has 3 aromatic carbocycles. The number of rotatable bonds is 7. The van der Waals surface area contributed by atoms with Crippen LogP contribution in [-0.4, -0.2) is 38.4 Å². The van der Waals surface area contributed by atoms with Crippen molar-refractivity contribution in [3.05, 3.63) is 116 Å². The van der Waals surface area contributed by atoms with Gasteiger partial charge in [-0.25, -0.2) is 5.01 Å². The van der Waals surface area contributed by atoms with Crippen LogP contribution in [0.15, 0.2) is 84.0 Å². The summed E-state index contributed by atoms with van der Waals surface area (Å²) >= 11 is 0. The van der Waals surface area contributed by atoms with E-state index in [1.165, 1.54) is 41.6 Å². The minimum atomic E-state index is -0.674. The SMILES string of the molecule is O=C1CN(Cc2ccccc2)[C@@H](c2cccc([N+](=O)[O-])c2)N1/N=C\c1cccc([N+](=O)[O-])c1. The summed E-state index contributed by atoms with van der Waals surface area (Å²) in [6, 6.07) is 21.5. The van der Waals surface area contributed by atoms with Crippen LogP contribution in [0.1, 0.15) is 22.9 Å². The van der Waals surface area contributed by atoms with E-state index in [1.807, 2.05) is 35.2 Å². The van der Waals surface area contributed by atoms with E-state index in [9.17, 15) is 25.0 Å². The molecule has 1 aliphatic rings. The van der Waals surface area contributed by atoms with Crippen molar-refractivity contribution in [2.75, 3.05) is 6.54 Å². The molecule has 1 fully saturated rings. The fraction of sp³-hybridized carbons (Fsp3) is 0.130. The Bertz CT molecular complexity index is 1230. The summed E-state index contributed by atoms with van der Waals surface area (Å²) in [5, 5.41) is 27.9. The molecule has 0 N–H and O–H groups in total. The molecule has 0 aromatic heterocycles. The largest absolute Gasteiger partial charge is 0.271 e. The fourth-order valence-electron chi connectivity index (χ4n) is 3.71. The number of nitro benzene ring substituents is 2. The summed E-state index contributed by atoms with van der Waals surface area (Å²) in [5.41, 5.74) is 1.80. The molecule has 4 rings (SSSR count). The van der Waals surface area contributed by atoms with Gasteiger partial charge < -0.3 is 0 Å². The lowest BCUT2D eigenvalue weighted by Gasteiger charge is -2.27. The third-order valence-electron chi connectivity index (χ3n) is 5.19. The quantitative estimate of drug-likeness (QED) is 0.309. The maximum absolute atomic E-state index is 12.9. The summed E-state index contributed by atoms with van der Waals surface area (Å²) in [5.74, 6) is -0.288. The highest BCUT2D eigenvalue weighted by atomic mass is 16.6. The molecular formula is C23H19N5O5. The lowest BCUT2D eigenvalue weighted by molar-refractivity contribution is -0.385. The molecule has 33 heavy (non-hydrogen) atoms. The number of nitrogens with zero attached hydrogens (tertiary/aromatic N) is 5. The number of benzene rings is 3. The molecule has 1 amide bonds. The van der Waals surface area contributed by atoms with Crippen LogP contribution in [0.3, 0.4) is 0 Å². The third kappa shape index (κ3) is 4.91. The van der Waals surface area contributed by atoms with Crippen LogP contribution in [0.25, 0.3) is 0 Å². The molecule has 0 saturated carbocycles. The fourth-order valence-corrected chi connectivity index (χ4v) is 3.71. The minimum Gasteiger partial charge on any atom is -0.271 e. The van der Waals surface area contributed by atoms with E-state index in [2.05, 4.69) is 5.10 Å². The van der Waals surface area contributed by atoms with Crippen molar-refractivity contribution in [3.63, 3.8) is 0 Å². The average Bonchev–Trinajstić information content (AvgIpc) is 3.13. The molecule has 166 valence electrons. The number of non-ortho nitro benzene ring substituents is 2. The standard InChI is InChI=1S/C23H19N5O5/c29-22-16-25(15-17-6-2-1-3-7-17)23(19-9-5-11-21(13-19)28(32)33)26(22)24-14-18-8-4-10-20(12-18)27(30)31/h1-14,23H,15-16H2/b24-14-/t23-/m1/s1. The van der Waals surface area contributed by atoms with Crippen molar-refractivity contribution in [1.29, 1.82) is 0 Å².